The Morgan fingerprint density at radius 3 is 2.63 bits per heavy atom. The van der Waals surface area contributed by atoms with E-state index < -0.39 is 29.1 Å². The van der Waals surface area contributed by atoms with Crippen LogP contribution in [0.15, 0.2) is 27.4 Å². The van der Waals surface area contributed by atoms with Gasteiger partial charge in [0, 0.05) is 0 Å². The van der Waals surface area contributed by atoms with Crippen molar-refractivity contribution in [2.75, 3.05) is 0 Å². The maximum atomic E-state index is 11.8. The first-order chi connectivity index (χ1) is 8.90. The Morgan fingerprint density at radius 2 is 2.00 bits per heavy atom. The Kier molecular flexibility index (Phi) is 3.21. The average Bonchev–Trinajstić information content (AvgIpc) is 2.29. The topological polar surface area (TPSA) is 84.6 Å². The van der Waals surface area contributed by atoms with E-state index in [0.29, 0.717) is 0 Å². The maximum Gasteiger partial charge on any atom is 0.351 e. The fraction of sp³-hybridized carbons (Fsp3) is 0.214. The van der Waals surface area contributed by atoms with Crippen LogP contribution in [-0.4, -0.2) is 16.7 Å². The quantitative estimate of drug-likeness (QED) is 0.518. The molecule has 0 fully saturated rings. The molecule has 0 aliphatic rings. The van der Waals surface area contributed by atoms with Crippen LogP contribution < -0.4 is 5.63 Å². The molecule has 98 valence electrons. The second-order valence-corrected chi connectivity index (χ2v) is 4.41. The highest BCUT2D eigenvalue weighted by Gasteiger charge is 2.21. The van der Waals surface area contributed by atoms with Crippen LogP contribution in [0.1, 0.15) is 29.3 Å². The number of rotatable bonds is 3. The fourth-order valence-electron chi connectivity index (χ4n) is 1.86. The van der Waals surface area contributed by atoms with Gasteiger partial charge in [-0.1, -0.05) is 11.6 Å². The summed E-state index contributed by atoms with van der Waals surface area (Å²) < 4.78 is 4.98. The summed E-state index contributed by atoms with van der Waals surface area (Å²) >= 11 is 0. The zero-order valence-corrected chi connectivity index (χ0v) is 10.5. The summed E-state index contributed by atoms with van der Waals surface area (Å²) in [7, 11) is 0. The summed E-state index contributed by atoms with van der Waals surface area (Å²) in [6.45, 7) is 3.04. The van der Waals surface area contributed by atoms with Crippen LogP contribution in [0.4, 0.5) is 0 Å². The van der Waals surface area contributed by atoms with E-state index in [2.05, 4.69) is 0 Å². The lowest BCUT2D eigenvalue weighted by Crippen LogP contribution is -2.16. The van der Waals surface area contributed by atoms with E-state index in [1.807, 2.05) is 0 Å². The van der Waals surface area contributed by atoms with Crippen molar-refractivity contribution >= 4 is 22.5 Å². The molecule has 19 heavy (non-hydrogen) atoms. The van der Waals surface area contributed by atoms with Crippen molar-refractivity contribution < 1.29 is 19.1 Å². The molecule has 0 radical (unpaired) electrons. The molecular formula is C14H12O5. The van der Waals surface area contributed by atoms with E-state index in [4.69, 9.17) is 4.42 Å². The Labute approximate surface area is 108 Å². The van der Waals surface area contributed by atoms with E-state index in [1.54, 1.807) is 25.1 Å². The van der Waals surface area contributed by atoms with Crippen LogP contribution in [0.2, 0.25) is 0 Å². The SMILES string of the molecule is CC(=O)CC(=O)c1c(O)c2cc(C)ccc2oc1=O. The monoisotopic (exact) mass is 260 g/mol. The number of fused-ring (bicyclic) bond motifs is 1. The predicted molar refractivity (Wildman–Crippen MR) is 68.5 cm³/mol. The minimum Gasteiger partial charge on any atom is -0.506 e. The van der Waals surface area contributed by atoms with Crippen LogP contribution in [0, 0.1) is 6.92 Å². The Bertz CT molecular complexity index is 739. The van der Waals surface area contributed by atoms with Crippen molar-refractivity contribution in [2.45, 2.75) is 20.3 Å². The van der Waals surface area contributed by atoms with E-state index in [9.17, 15) is 19.5 Å². The van der Waals surface area contributed by atoms with Gasteiger partial charge in [-0.3, -0.25) is 9.59 Å². The van der Waals surface area contributed by atoms with E-state index in [1.165, 1.54) is 6.92 Å². The second-order valence-electron chi connectivity index (χ2n) is 4.41. The molecule has 1 N–H and O–H groups in total. The fourth-order valence-corrected chi connectivity index (χ4v) is 1.86. The van der Waals surface area contributed by atoms with Gasteiger partial charge < -0.3 is 9.52 Å². The zero-order chi connectivity index (χ0) is 14.2. The van der Waals surface area contributed by atoms with Crippen molar-refractivity contribution in [2.24, 2.45) is 0 Å². The van der Waals surface area contributed by atoms with Crippen LogP contribution in [0.25, 0.3) is 11.0 Å². The van der Waals surface area contributed by atoms with Crippen molar-refractivity contribution in [1.82, 2.24) is 0 Å². The number of carbonyl (C=O) groups excluding carboxylic acids is 2. The Morgan fingerprint density at radius 1 is 1.32 bits per heavy atom. The summed E-state index contributed by atoms with van der Waals surface area (Å²) in [6, 6.07) is 4.88. The van der Waals surface area contributed by atoms with Gasteiger partial charge in [0.25, 0.3) is 0 Å². The largest absolute Gasteiger partial charge is 0.506 e. The molecule has 1 aromatic heterocycles. The molecule has 0 bridgehead atoms. The van der Waals surface area contributed by atoms with Crippen LogP contribution in [0.5, 0.6) is 5.75 Å². The number of benzene rings is 1. The van der Waals surface area contributed by atoms with Gasteiger partial charge in [0.2, 0.25) is 0 Å². The number of aromatic hydroxyl groups is 1. The molecule has 1 heterocycles. The molecular weight excluding hydrogens is 248 g/mol. The smallest absolute Gasteiger partial charge is 0.351 e. The summed E-state index contributed by atoms with van der Waals surface area (Å²) in [5.74, 6) is -1.54. The minimum absolute atomic E-state index is 0.201. The second kappa shape index (κ2) is 4.68. The molecule has 0 unspecified atom stereocenters. The van der Waals surface area contributed by atoms with Gasteiger partial charge in [-0.25, -0.2) is 4.79 Å². The number of hydrogen-bond acceptors (Lipinski definition) is 5. The van der Waals surface area contributed by atoms with Crippen LogP contribution >= 0.6 is 0 Å². The molecule has 5 heteroatoms. The highest BCUT2D eigenvalue weighted by Crippen LogP contribution is 2.27. The lowest BCUT2D eigenvalue weighted by atomic mass is 10.0. The molecule has 0 aliphatic heterocycles. The average molecular weight is 260 g/mol. The molecule has 0 saturated carbocycles. The van der Waals surface area contributed by atoms with Gasteiger partial charge in [-0.2, -0.15) is 0 Å². The van der Waals surface area contributed by atoms with E-state index in [-0.39, 0.29) is 16.8 Å². The molecule has 5 nitrogen and oxygen atoms in total. The van der Waals surface area contributed by atoms with Gasteiger partial charge in [-0.05, 0) is 26.0 Å². The van der Waals surface area contributed by atoms with E-state index in [0.717, 1.165) is 5.56 Å². The number of hydrogen-bond donors (Lipinski definition) is 1. The van der Waals surface area contributed by atoms with Crippen molar-refractivity contribution in [3.8, 4) is 5.75 Å². The molecule has 0 amide bonds. The molecule has 2 rings (SSSR count). The summed E-state index contributed by atoms with van der Waals surface area (Å²) in [5, 5.41) is 10.3. The maximum absolute atomic E-state index is 11.8. The van der Waals surface area contributed by atoms with Gasteiger partial charge >= 0.3 is 5.63 Å². The number of carbonyl (C=O) groups is 2. The highest BCUT2D eigenvalue weighted by molar-refractivity contribution is 6.10. The van der Waals surface area contributed by atoms with Gasteiger partial charge in [-0.15, -0.1) is 0 Å². The van der Waals surface area contributed by atoms with Gasteiger partial charge in [0.05, 0.1) is 11.8 Å². The Balaban J connectivity index is 2.71. The van der Waals surface area contributed by atoms with Crippen molar-refractivity contribution in [1.29, 1.82) is 0 Å². The lowest BCUT2D eigenvalue weighted by molar-refractivity contribution is -0.116. The van der Waals surface area contributed by atoms with Crippen LogP contribution in [-0.2, 0) is 4.79 Å². The first kappa shape index (κ1) is 13.0. The molecule has 0 atom stereocenters. The van der Waals surface area contributed by atoms with E-state index >= 15 is 0 Å². The molecule has 2 aromatic rings. The molecule has 0 saturated heterocycles. The van der Waals surface area contributed by atoms with Gasteiger partial charge in [0.15, 0.2) is 5.78 Å². The van der Waals surface area contributed by atoms with Crippen molar-refractivity contribution in [3.05, 3.63) is 39.7 Å². The molecule has 1 aromatic carbocycles. The minimum atomic E-state index is -0.930. The summed E-state index contributed by atoms with van der Waals surface area (Å²) in [4.78, 5) is 34.4. The predicted octanol–water partition coefficient (Wildman–Crippen LogP) is 1.97. The van der Waals surface area contributed by atoms with Crippen molar-refractivity contribution in [3.63, 3.8) is 0 Å². The Hall–Kier alpha value is -2.43. The third-order valence-electron chi connectivity index (χ3n) is 2.72. The molecule has 0 aliphatic carbocycles. The van der Waals surface area contributed by atoms with Gasteiger partial charge in [0.1, 0.15) is 22.7 Å². The first-order valence-corrected chi connectivity index (χ1v) is 5.69. The zero-order valence-electron chi connectivity index (χ0n) is 10.5. The summed E-state index contributed by atoms with van der Waals surface area (Å²) in [5.41, 5.74) is -0.345. The lowest BCUT2D eigenvalue weighted by Gasteiger charge is -2.05. The van der Waals surface area contributed by atoms with Crippen LogP contribution in [0.3, 0.4) is 0 Å². The normalized spacial score (nSPS) is 10.6. The number of Topliss-reactive ketones (excluding diaryl/α,β-unsaturated/α-hetero) is 2. The molecule has 0 spiro atoms. The standard InChI is InChI=1S/C14H12O5/c1-7-3-4-11-9(5-7)13(17)12(14(18)19-11)10(16)6-8(2)15/h3-5,17H,6H2,1-2H3. The first-order valence-electron chi connectivity index (χ1n) is 5.69. The number of ketones is 2. The highest BCUT2D eigenvalue weighted by atomic mass is 16.4. The third kappa shape index (κ3) is 2.40. The number of aryl methyl sites for hydroxylation is 1. The summed E-state index contributed by atoms with van der Waals surface area (Å²) in [6.07, 6.45) is -0.435. The third-order valence-corrected chi connectivity index (χ3v) is 2.72.